The smallest absolute Gasteiger partial charge is 0.344 e. The van der Waals surface area contributed by atoms with Crippen LogP contribution >= 0.6 is 0 Å². The van der Waals surface area contributed by atoms with Crippen molar-refractivity contribution >= 4 is 21.9 Å². The Kier molecular flexibility index (Phi) is 18.5. The van der Waals surface area contributed by atoms with E-state index in [0.717, 1.165) is 66.8 Å². The van der Waals surface area contributed by atoms with E-state index >= 15 is 0 Å². The number of hydrogen-bond donors (Lipinski definition) is 1. The van der Waals surface area contributed by atoms with E-state index in [1.807, 2.05) is 60.7 Å². The molecule has 0 spiro atoms. The summed E-state index contributed by atoms with van der Waals surface area (Å²) in [6.45, 7) is 9.68. The first kappa shape index (κ1) is 46.9. The van der Waals surface area contributed by atoms with Crippen LogP contribution in [0.3, 0.4) is 0 Å². The summed E-state index contributed by atoms with van der Waals surface area (Å²) in [5.41, 5.74) is 5.39. The lowest BCUT2D eigenvalue weighted by Gasteiger charge is -2.22. The quantitative estimate of drug-likeness (QED) is 0.0292. The number of aryl methyl sites for hydroxylation is 2. The summed E-state index contributed by atoms with van der Waals surface area (Å²) >= 11 is 0. The highest BCUT2D eigenvalue weighted by Crippen LogP contribution is 2.28. The van der Waals surface area contributed by atoms with Crippen molar-refractivity contribution in [3.63, 3.8) is 0 Å². The zero-order chi connectivity index (χ0) is 44.2. The second-order valence-corrected chi connectivity index (χ2v) is 16.4. The molecule has 0 bridgehead atoms. The lowest BCUT2D eigenvalue weighted by molar-refractivity contribution is -0.00737. The van der Waals surface area contributed by atoms with Crippen molar-refractivity contribution in [2.45, 2.75) is 103 Å². The molecule has 9 heteroatoms. The third kappa shape index (κ3) is 14.2. The third-order valence-electron chi connectivity index (χ3n) is 11.6. The van der Waals surface area contributed by atoms with Crippen LogP contribution in [0.5, 0.6) is 11.5 Å². The molecule has 0 saturated carbocycles. The van der Waals surface area contributed by atoms with E-state index in [0.29, 0.717) is 73.1 Å². The Bertz CT molecular complexity index is 2270. The molecule has 0 fully saturated rings. The summed E-state index contributed by atoms with van der Waals surface area (Å²) in [5, 5.41) is 11.7. The number of fused-ring (bicyclic) bond motifs is 2. The predicted molar refractivity (Wildman–Crippen MR) is 253 cm³/mol. The van der Waals surface area contributed by atoms with Gasteiger partial charge in [0.2, 0.25) is 0 Å². The molecule has 0 aliphatic rings. The minimum atomic E-state index is -0.393. The molecule has 2 heterocycles. The highest BCUT2D eigenvalue weighted by molar-refractivity contribution is 5.83. The topological polar surface area (TPSA) is 118 Å². The molecule has 0 saturated heterocycles. The van der Waals surface area contributed by atoms with E-state index in [9.17, 15) is 14.7 Å². The summed E-state index contributed by atoms with van der Waals surface area (Å²) in [5.74, 6) is 1.15. The number of aliphatic hydroxyl groups excluding tert-OH is 1. The standard InChI is InChI=1S/C54H64O9/c1-4-7-9-13-39-16-20-42(21-17-39)49-33-44-24-26-47(35-51(44)62-53(49)56)59-31-28-46(61-38-41(37-55)15-11-12-30-58-6-3)29-32-60-48-27-25-45-34-50(54(57)63-52(45)36-48)43-22-18-40(19-23-43)14-10-8-5-2/h6,16-27,33-36,41,46,55H,3-5,7-15,28-32,37-38H2,1-2H3. The summed E-state index contributed by atoms with van der Waals surface area (Å²) in [6, 6.07) is 31.2. The Hall–Kier alpha value is -5.64. The van der Waals surface area contributed by atoms with E-state index in [1.165, 1.54) is 43.1 Å². The van der Waals surface area contributed by atoms with Crippen LogP contribution in [0.25, 0.3) is 44.2 Å². The van der Waals surface area contributed by atoms with Crippen molar-refractivity contribution in [2.75, 3.05) is 33.0 Å². The van der Waals surface area contributed by atoms with Crippen LogP contribution in [-0.4, -0.2) is 44.2 Å². The number of hydrogen-bond acceptors (Lipinski definition) is 9. The molecule has 0 amide bonds. The molecule has 4 aromatic carbocycles. The SMILES string of the molecule is C=COCCCCC(CO)COC(CCOc1ccc2cc(-c3ccc(CCCCC)cc3)c(=O)oc2c1)CCOc1ccc2cc(-c3ccc(CCCCC)cc3)c(=O)oc2c1. The van der Waals surface area contributed by atoms with Gasteiger partial charge in [-0.2, -0.15) is 0 Å². The normalized spacial score (nSPS) is 11.9. The van der Waals surface area contributed by atoms with Gasteiger partial charge in [0.25, 0.3) is 0 Å². The molecule has 1 atom stereocenters. The summed E-state index contributed by atoms with van der Waals surface area (Å²) in [4.78, 5) is 26.2. The molecule has 0 aliphatic heterocycles. The minimum absolute atomic E-state index is 0.0186. The van der Waals surface area contributed by atoms with Gasteiger partial charge in [-0.05, 0) is 104 Å². The largest absolute Gasteiger partial charge is 0.502 e. The van der Waals surface area contributed by atoms with Gasteiger partial charge in [-0.3, -0.25) is 0 Å². The Morgan fingerprint density at radius 2 is 1.11 bits per heavy atom. The Morgan fingerprint density at radius 1 is 0.603 bits per heavy atom. The number of unbranched alkanes of at least 4 members (excludes halogenated alkanes) is 5. The molecular formula is C54H64O9. The highest BCUT2D eigenvalue weighted by atomic mass is 16.5. The van der Waals surface area contributed by atoms with Gasteiger partial charge >= 0.3 is 11.3 Å². The van der Waals surface area contributed by atoms with Crippen LogP contribution in [0.15, 0.2) is 128 Å². The van der Waals surface area contributed by atoms with Gasteiger partial charge in [-0.25, -0.2) is 9.59 Å². The van der Waals surface area contributed by atoms with Crippen LogP contribution in [0.4, 0.5) is 0 Å². The van der Waals surface area contributed by atoms with Crippen LogP contribution < -0.4 is 20.7 Å². The fourth-order valence-electron chi connectivity index (χ4n) is 7.75. The maximum absolute atomic E-state index is 13.1. The summed E-state index contributed by atoms with van der Waals surface area (Å²) < 4.78 is 35.6. The van der Waals surface area contributed by atoms with Gasteiger partial charge in [0.05, 0.1) is 49.9 Å². The van der Waals surface area contributed by atoms with Gasteiger partial charge in [0.1, 0.15) is 22.7 Å². The number of rotatable bonds is 28. The minimum Gasteiger partial charge on any atom is -0.502 e. The molecule has 0 radical (unpaired) electrons. The van der Waals surface area contributed by atoms with Crippen LogP contribution in [-0.2, 0) is 22.3 Å². The maximum atomic E-state index is 13.1. The molecule has 2 aromatic heterocycles. The summed E-state index contributed by atoms with van der Waals surface area (Å²) in [6.07, 6.45) is 14.0. The fraction of sp³-hybridized carbons (Fsp3) is 0.407. The van der Waals surface area contributed by atoms with Crippen molar-refractivity contribution < 1.29 is 32.9 Å². The van der Waals surface area contributed by atoms with Gasteiger partial charge in [0, 0.05) is 48.3 Å². The second-order valence-electron chi connectivity index (χ2n) is 16.4. The van der Waals surface area contributed by atoms with Crippen molar-refractivity contribution in [3.05, 3.63) is 142 Å². The molecule has 6 aromatic rings. The number of aliphatic hydroxyl groups is 1. The molecule has 9 nitrogen and oxygen atoms in total. The van der Waals surface area contributed by atoms with E-state index < -0.39 is 11.3 Å². The molecule has 334 valence electrons. The molecule has 1 unspecified atom stereocenters. The first-order chi connectivity index (χ1) is 30.9. The summed E-state index contributed by atoms with van der Waals surface area (Å²) in [7, 11) is 0. The molecule has 6 rings (SSSR count). The van der Waals surface area contributed by atoms with E-state index in [4.69, 9.17) is 27.8 Å². The van der Waals surface area contributed by atoms with E-state index in [-0.39, 0.29) is 18.6 Å². The Morgan fingerprint density at radius 3 is 1.57 bits per heavy atom. The van der Waals surface area contributed by atoms with Crippen molar-refractivity contribution in [1.29, 1.82) is 0 Å². The van der Waals surface area contributed by atoms with Gasteiger partial charge < -0.3 is 32.9 Å². The van der Waals surface area contributed by atoms with E-state index in [2.05, 4.69) is 44.7 Å². The highest BCUT2D eigenvalue weighted by Gasteiger charge is 2.17. The Balaban J connectivity index is 1.07. The zero-order valence-corrected chi connectivity index (χ0v) is 37.1. The van der Waals surface area contributed by atoms with Gasteiger partial charge in [-0.15, -0.1) is 0 Å². The maximum Gasteiger partial charge on any atom is 0.344 e. The molecule has 63 heavy (non-hydrogen) atoms. The Labute approximate surface area is 371 Å². The number of benzene rings is 4. The second kappa shape index (κ2) is 24.9. The molecule has 1 N–H and O–H groups in total. The van der Waals surface area contributed by atoms with E-state index in [1.54, 1.807) is 12.1 Å². The first-order valence-corrected chi connectivity index (χ1v) is 22.9. The third-order valence-corrected chi connectivity index (χ3v) is 11.6. The molecule has 0 aliphatic carbocycles. The zero-order valence-electron chi connectivity index (χ0n) is 37.1. The average Bonchev–Trinajstić information content (AvgIpc) is 3.30. The molecular weight excluding hydrogens is 793 g/mol. The van der Waals surface area contributed by atoms with Crippen LogP contribution in [0.1, 0.15) is 95.6 Å². The van der Waals surface area contributed by atoms with Crippen molar-refractivity contribution in [2.24, 2.45) is 5.92 Å². The predicted octanol–water partition coefficient (Wildman–Crippen LogP) is 12.3. The van der Waals surface area contributed by atoms with Crippen molar-refractivity contribution in [1.82, 2.24) is 0 Å². The first-order valence-electron chi connectivity index (χ1n) is 22.9. The lowest BCUT2D eigenvalue weighted by Crippen LogP contribution is -2.24. The average molecular weight is 857 g/mol. The van der Waals surface area contributed by atoms with Crippen molar-refractivity contribution in [3.8, 4) is 33.8 Å². The van der Waals surface area contributed by atoms with Crippen LogP contribution in [0, 0.1) is 5.92 Å². The van der Waals surface area contributed by atoms with Gasteiger partial charge in [0.15, 0.2) is 0 Å². The monoisotopic (exact) mass is 856 g/mol. The fourth-order valence-corrected chi connectivity index (χ4v) is 7.75. The lowest BCUT2D eigenvalue weighted by atomic mass is 10.0. The van der Waals surface area contributed by atoms with Gasteiger partial charge in [-0.1, -0.05) is 94.6 Å². The number of ether oxygens (including phenoxy) is 4. The van der Waals surface area contributed by atoms with Crippen LogP contribution in [0.2, 0.25) is 0 Å².